The van der Waals surface area contributed by atoms with Crippen molar-refractivity contribution in [2.75, 3.05) is 45.9 Å². The Morgan fingerprint density at radius 1 is 1.27 bits per heavy atom. The molecule has 6 heteroatoms. The van der Waals surface area contributed by atoms with Gasteiger partial charge in [0.2, 0.25) is 5.91 Å². The maximum absolute atomic E-state index is 12.4. The number of carbonyl (C=O) groups excluding carboxylic acids is 1. The molecule has 1 aliphatic carbocycles. The van der Waals surface area contributed by atoms with E-state index in [9.17, 15) is 9.90 Å². The number of ether oxygens (including phenoxy) is 1. The highest BCUT2D eigenvalue weighted by atomic mass is 16.5. The lowest BCUT2D eigenvalue weighted by molar-refractivity contribution is -0.135. The monoisotopic (exact) mass is 359 g/mol. The van der Waals surface area contributed by atoms with Crippen molar-refractivity contribution in [1.29, 1.82) is 0 Å². The number of carbonyl (C=O) groups is 1. The summed E-state index contributed by atoms with van der Waals surface area (Å²) in [5, 5.41) is 18.1. The molecule has 1 spiro atoms. The number of fused-ring (bicyclic) bond motifs is 2. The average Bonchev–Trinajstić information content (AvgIpc) is 2.92. The Bertz CT molecular complexity index is 639. The number of nitrogens with zero attached hydrogens (tertiary/aromatic N) is 1. The molecule has 1 aromatic carbocycles. The summed E-state index contributed by atoms with van der Waals surface area (Å²) < 4.78 is 5.30. The van der Waals surface area contributed by atoms with Gasteiger partial charge in [0, 0.05) is 31.5 Å². The summed E-state index contributed by atoms with van der Waals surface area (Å²) in [6.45, 7) is 5.09. The number of hydrogen-bond donors (Lipinski definition) is 3. The van der Waals surface area contributed by atoms with E-state index in [1.165, 1.54) is 11.1 Å². The molecule has 2 saturated heterocycles. The molecule has 0 bridgehead atoms. The first-order valence-corrected chi connectivity index (χ1v) is 9.79. The van der Waals surface area contributed by atoms with Gasteiger partial charge in [0.05, 0.1) is 25.4 Å². The Balaban J connectivity index is 1.42. The summed E-state index contributed by atoms with van der Waals surface area (Å²) in [4.78, 5) is 14.2. The molecule has 2 heterocycles. The third-order valence-corrected chi connectivity index (χ3v) is 6.28. The van der Waals surface area contributed by atoms with E-state index in [0.29, 0.717) is 39.3 Å². The molecular formula is C20H29N3O3. The van der Waals surface area contributed by atoms with Crippen molar-refractivity contribution >= 4 is 5.91 Å². The number of rotatable bonds is 4. The first-order chi connectivity index (χ1) is 12.7. The molecule has 1 aromatic rings. The van der Waals surface area contributed by atoms with Gasteiger partial charge in [-0.25, -0.2) is 0 Å². The number of morpholine rings is 1. The molecule has 0 unspecified atom stereocenters. The molecule has 6 nitrogen and oxygen atoms in total. The first-order valence-electron chi connectivity index (χ1n) is 9.79. The molecule has 0 radical (unpaired) electrons. The van der Waals surface area contributed by atoms with Gasteiger partial charge in [-0.2, -0.15) is 0 Å². The SMILES string of the molecule is O=C(CCN[C@@H]1c2ccccc2C2(CCNCC2)[C@H]1O)N1CCOCC1. The Kier molecular flexibility index (Phi) is 5.27. The fourth-order valence-electron chi connectivity index (χ4n) is 4.84. The summed E-state index contributed by atoms with van der Waals surface area (Å²) in [6.07, 6.45) is 1.92. The van der Waals surface area contributed by atoms with Gasteiger partial charge in [-0.3, -0.25) is 4.79 Å². The van der Waals surface area contributed by atoms with Crippen molar-refractivity contribution in [2.24, 2.45) is 0 Å². The summed E-state index contributed by atoms with van der Waals surface area (Å²) in [7, 11) is 0. The fraction of sp³-hybridized carbons (Fsp3) is 0.650. The quantitative estimate of drug-likeness (QED) is 0.733. The number of hydrogen-bond acceptors (Lipinski definition) is 5. The number of benzene rings is 1. The van der Waals surface area contributed by atoms with E-state index in [1.807, 2.05) is 11.0 Å². The van der Waals surface area contributed by atoms with Crippen LogP contribution in [0.3, 0.4) is 0 Å². The largest absolute Gasteiger partial charge is 0.390 e. The van der Waals surface area contributed by atoms with Crippen LogP contribution >= 0.6 is 0 Å². The van der Waals surface area contributed by atoms with Gasteiger partial charge in [-0.15, -0.1) is 0 Å². The van der Waals surface area contributed by atoms with Crippen LogP contribution in [-0.4, -0.2) is 68.0 Å². The molecule has 2 fully saturated rings. The lowest BCUT2D eigenvalue weighted by Crippen LogP contribution is -2.48. The van der Waals surface area contributed by atoms with Crippen LogP contribution in [-0.2, 0) is 14.9 Å². The molecule has 1 amide bonds. The minimum atomic E-state index is -0.444. The Morgan fingerprint density at radius 2 is 2.00 bits per heavy atom. The Morgan fingerprint density at radius 3 is 2.77 bits per heavy atom. The zero-order chi connectivity index (χ0) is 18.0. The van der Waals surface area contributed by atoms with E-state index in [4.69, 9.17) is 4.74 Å². The van der Waals surface area contributed by atoms with Crippen LogP contribution in [0.5, 0.6) is 0 Å². The van der Waals surface area contributed by atoms with Gasteiger partial charge >= 0.3 is 0 Å². The minimum absolute atomic E-state index is 0.0956. The number of aliphatic hydroxyl groups excluding tert-OH is 1. The topological polar surface area (TPSA) is 73.8 Å². The van der Waals surface area contributed by atoms with E-state index in [0.717, 1.165) is 25.9 Å². The lowest BCUT2D eigenvalue weighted by atomic mass is 9.72. The molecular weight excluding hydrogens is 330 g/mol. The third kappa shape index (κ3) is 3.16. The maximum Gasteiger partial charge on any atom is 0.224 e. The van der Waals surface area contributed by atoms with Crippen molar-refractivity contribution in [3.05, 3.63) is 35.4 Å². The zero-order valence-corrected chi connectivity index (χ0v) is 15.2. The van der Waals surface area contributed by atoms with Gasteiger partial charge in [0.25, 0.3) is 0 Å². The van der Waals surface area contributed by atoms with E-state index < -0.39 is 6.10 Å². The number of piperidine rings is 1. The molecule has 3 aliphatic rings. The summed E-state index contributed by atoms with van der Waals surface area (Å²) in [5.74, 6) is 0.165. The molecule has 0 saturated carbocycles. The van der Waals surface area contributed by atoms with Gasteiger partial charge in [0.15, 0.2) is 0 Å². The number of aliphatic hydroxyl groups is 1. The normalized spacial score (nSPS) is 27.5. The van der Waals surface area contributed by atoms with Crippen molar-refractivity contribution < 1.29 is 14.6 Å². The Hall–Kier alpha value is -1.47. The molecule has 142 valence electrons. The summed E-state index contributed by atoms with van der Waals surface area (Å²) >= 11 is 0. The van der Waals surface area contributed by atoms with Crippen molar-refractivity contribution in [2.45, 2.75) is 36.8 Å². The van der Waals surface area contributed by atoms with Gasteiger partial charge < -0.3 is 25.4 Å². The van der Waals surface area contributed by atoms with Crippen LogP contribution in [0.4, 0.5) is 0 Å². The van der Waals surface area contributed by atoms with Crippen molar-refractivity contribution in [3.8, 4) is 0 Å². The fourth-order valence-corrected chi connectivity index (χ4v) is 4.84. The van der Waals surface area contributed by atoms with E-state index >= 15 is 0 Å². The molecule has 4 rings (SSSR count). The molecule has 2 atom stereocenters. The van der Waals surface area contributed by atoms with Crippen LogP contribution in [0.1, 0.15) is 36.4 Å². The lowest BCUT2D eigenvalue weighted by Gasteiger charge is -2.39. The smallest absolute Gasteiger partial charge is 0.224 e. The average molecular weight is 359 g/mol. The molecule has 3 N–H and O–H groups in total. The van der Waals surface area contributed by atoms with Gasteiger partial charge in [0.1, 0.15) is 0 Å². The van der Waals surface area contributed by atoms with Crippen LogP contribution in [0, 0.1) is 0 Å². The highest BCUT2D eigenvalue weighted by Crippen LogP contribution is 2.49. The molecule has 26 heavy (non-hydrogen) atoms. The van der Waals surface area contributed by atoms with Gasteiger partial charge in [-0.05, 0) is 37.1 Å². The van der Waals surface area contributed by atoms with Gasteiger partial charge in [-0.1, -0.05) is 24.3 Å². The third-order valence-electron chi connectivity index (χ3n) is 6.28. The van der Waals surface area contributed by atoms with E-state index in [2.05, 4.69) is 28.8 Å². The second-order valence-electron chi connectivity index (χ2n) is 7.61. The van der Waals surface area contributed by atoms with E-state index in [-0.39, 0.29) is 17.4 Å². The molecule has 2 aliphatic heterocycles. The highest BCUT2D eigenvalue weighted by Gasteiger charge is 2.51. The highest BCUT2D eigenvalue weighted by molar-refractivity contribution is 5.76. The predicted octanol–water partition coefficient (Wildman–Crippen LogP) is 0.562. The van der Waals surface area contributed by atoms with Crippen LogP contribution < -0.4 is 10.6 Å². The van der Waals surface area contributed by atoms with Crippen molar-refractivity contribution in [1.82, 2.24) is 15.5 Å². The summed E-state index contributed by atoms with van der Waals surface area (Å²) in [6, 6.07) is 8.31. The second kappa shape index (κ2) is 7.64. The Labute approximate surface area is 154 Å². The van der Waals surface area contributed by atoms with Crippen LogP contribution in [0.15, 0.2) is 24.3 Å². The predicted molar refractivity (Wildman–Crippen MR) is 99.0 cm³/mol. The standard InChI is InChI=1S/C20H29N3O3/c24-17(23-11-13-26-14-12-23)5-8-22-18-15-3-1-2-4-16(15)20(19(18)25)6-9-21-10-7-20/h1-4,18-19,21-22,25H,5-14H2/t18-,19+/m1/s1. The van der Waals surface area contributed by atoms with Crippen LogP contribution in [0.25, 0.3) is 0 Å². The van der Waals surface area contributed by atoms with Crippen LogP contribution in [0.2, 0.25) is 0 Å². The second-order valence-corrected chi connectivity index (χ2v) is 7.61. The zero-order valence-electron chi connectivity index (χ0n) is 15.2. The maximum atomic E-state index is 12.4. The number of nitrogens with one attached hydrogen (secondary N) is 2. The van der Waals surface area contributed by atoms with E-state index in [1.54, 1.807) is 0 Å². The van der Waals surface area contributed by atoms with Crippen molar-refractivity contribution in [3.63, 3.8) is 0 Å². The first kappa shape index (κ1) is 17.9. The number of amides is 1. The summed E-state index contributed by atoms with van der Waals surface area (Å²) in [5.41, 5.74) is 2.32. The molecule has 0 aromatic heterocycles. The minimum Gasteiger partial charge on any atom is -0.390 e.